The van der Waals surface area contributed by atoms with Gasteiger partial charge in [-0.1, -0.05) is 55.8 Å². The zero-order chi connectivity index (χ0) is 24.6. The second-order valence-corrected chi connectivity index (χ2v) is 10.3. The van der Waals surface area contributed by atoms with E-state index in [1.165, 1.54) is 4.90 Å². The Morgan fingerprint density at radius 2 is 1.61 bits per heavy atom. The van der Waals surface area contributed by atoms with E-state index in [0.717, 1.165) is 22.5 Å². The number of anilines is 1. The van der Waals surface area contributed by atoms with Gasteiger partial charge >= 0.3 is 0 Å². The lowest BCUT2D eigenvalue weighted by Gasteiger charge is -2.33. The summed E-state index contributed by atoms with van der Waals surface area (Å²) in [5.74, 6) is -0.723. The molecule has 0 saturated carbocycles. The highest BCUT2D eigenvalue weighted by Crippen LogP contribution is 2.22. The summed E-state index contributed by atoms with van der Waals surface area (Å²) >= 11 is 5.94. The molecule has 0 aliphatic heterocycles. The number of nitrogens with zero attached hydrogens (tertiary/aromatic N) is 2. The lowest BCUT2D eigenvalue weighted by Crippen LogP contribution is -2.53. The standard InChI is InChI=1S/C24H32ClN3O4S/c1-5-18(3)26-24(30)22(6-2)27(16-19-10-8-7-9-11-19)23(29)17-28(33(4,31)32)21-14-12-20(25)13-15-21/h7-15,18,22H,5-6,16-17H2,1-4H3,(H,26,30). The lowest BCUT2D eigenvalue weighted by molar-refractivity contribution is -0.140. The molecule has 2 aromatic rings. The molecule has 2 rings (SSSR count). The highest BCUT2D eigenvalue weighted by Gasteiger charge is 2.32. The largest absolute Gasteiger partial charge is 0.352 e. The molecule has 0 aliphatic carbocycles. The molecule has 0 spiro atoms. The van der Waals surface area contributed by atoms with Gasteiger partial charge in [0.1, 0.15) is 12.6 Å². The van der Waals surface area contributed by atoms with Crippen LogP contribution in [0.3, 0.4) is 0 Å². The fourth-order valence-corrected chi connectivity index (χ4v) is 4.34. The predicted octanol–water partition coefficient (Wildman–Crippen LogP) is 3.83. The van der Waals surface area contributed by atoms with Gasteiger partial charge in [-0.3, -0.25) is 13.9 Å². The number of sulfonamides is 1. The average Bonchev–Trinajstić information content (AvgIpc) is 2.77. The fourth-order valence-electron chi connectivity index (χ4n) is 3.36. The van der Waals surface area contributed by atoms with Crippen LogP contribution in [0.1, 0.15) is 39.2 Å². The molecule has 0 radical (unpaired) electrons. The van der Waals surface area contributed by atoms with E-state index in [4.69, 9.17) is 11.6 Å². The van der Waals surface area contributed by atoms with Gasteiger partial charge in [-0.2, -0.15) is 0 Å². The smallest absolute Gasteiger partial charge is 0.244 e. The molecule has 33 heavy (non-hydrogen) atoms. The summed E-state index contributed by atoms with van der Waals surface area (Å²) in [7, 11) is -3.77. The summed E-state index contributed by atoms with van der Waals surface area (Å²) in [4.78, 5) is 28.0. The molecule has 2 unspecified atom stereocenters. The number of nitrogens with one attached hydrogen (secondary N) is 1. The normalized spacial score (nSPS) is 13.1. The molecule has 9 heteroatoms. The van der Waals surface area contributed by atoms with Crippen molar-refractivity contribution in [1.29, 1.82) is 0 Å². The number of hydrogen-bond donors (Lipinski definition) is 1. The minimum Gasteiger partial charge on any atom is -0.352 e. The van der Waals surface area contributed by atoms with Gasteiger partial charge in [0, 0.05) is 17.6 Å². The maximum absolute atomic E-state index is 13.5. The topological polar surface area (TPSA) is 86.8 Å². The Labute approximate surface area is 201 Å². The number of rotatable bonds is 11. The van der Waals surface area contributed by atoms with Crippen molar-refractivity contribution in [3.05, 3.63) is 65.2 Å². The molecule has 2 atom stereocenters. The molecule has 0 saturated heterocycles. The van der Waals surface area contributed by atoms with E-state index < -0.39 is 28.5 Å². The quantitative estimate of drug-likeness (QED) is 0.515. The Morgan fingerprint density at radius 3 is 2.12 bits per heavy atom. The predicted molar refractivity (Wildman–Crippen MR) is 133 cm³/mol. The first kappa shape index (κ1) is 26.7. The zero-order valence-corrected chi connectivity index (χ0v) is 21.1. The molecule has 0 aromatic heterocycles. The third-order valence-corrected chi connectivity index (χ3v) is 6.77. The van der Waals surface area contributed by atoms with Crippen molar-refractivity contribution in [3.63, 3.8) is 0 Å². The van der Waals surface area contributed by atoms with Crippen molar-refractivity contribution in [1.82, 2.24) is 10.2 Å². The monoisotopic (exact) mass is 493 g/mol. The van der Waals surface area contributed by atoms with Crippen LogP contribution in [0, 0.1) is 0 Å². The Kier molecular flexibility index (Phi) is 9.73. The third kappa shape index (κ3) is 7.75. The van der Waals surface area contributed by atoms with Gasteiger partial charge in [0.25, 0.3) is 0 Å². The summed E-state index contributed by atoms with van der Waals surface area (Å²) in [5, 5.41) is 3.40. The molecular weight excluding hydrogens is 462 g/mol. The maximum Gasteiger partial charge on any atom is 0.244 e. The fraction of sp³-hybridized carbons (Fsp3) is 0.417. The van der Waals surface area contributed by atoms with Crippen LogP contribution in [0.25, 0.3) is 0 Å². The van der Waals surface area contributed by atoms with Crippen molar-refractivity contribution >= 4 is 39.1 Å². The van der Waals surface area contributed by atoms with Crippen molar-refractivity contribution in [2.24, 2.45) is 0 Å². The van der Waals surface area contributed by atoms with Crippen LogP contribution in [-0.4, -0.2) is 50.0 Å². The van der Waals surface area contributed by atoms with E-state index >= 15 is 0 Å². The van der Waals surface area contributed by atoms with Gasteiger partial charge in [-0.15, -0.1) is 0 Å². The van der Waals surface area contributed by atoms with Gasteiger partial charge < -0.3 is 10.2 Å². The molecule has 2 aromatic carbocycles. The van der Waals surface area contributed by atoms with Crippen molar-refractivity contribution in [3.8, 4) is 0 Å². The number of carbonyl (C=O) groups is 2. The Bertz CT molecular complexity index is 1030. The van der Waals surface area contributed by atoms with E-state index in [2.05, 4.69) is 5.32 Å². The Balaban J connectivity index is 2.39. The summed E-state index contributed by atoms with van der Waals surface area (Å²) in [6, 6.07) is 14.8. The maximum atomic E-state index is 13.5. The number of halogens is 1. The van der Waals surface area contributed by atoms with Crippen LogP contribution in [0.5, 0.6) is 0 Å². The Morgan fingerprint density at radius 1 is 1.00 bits per heavy atom. The molecule has 0 heterocycles. The van der Waals surface area contributed by atoms with Gasteiger partial charge in [0.2, 0.25) is 21.8 Å². The van der Waals surface area contributed by atoms with Crippen LogP contribution < -0.4 is 9.62 Å². The minimum atomic E-state index is -3.77. The molecule has 180 valence electrons. The lowest BCUT2D eigenvalue weighted by atomic mass is 10.1. The van der Waals surface area contributed by atoms with E-state index in [0.29, 0.717) is 17.1 Å². The number of carbonyl (C=O) groups excluding carboxylic acids is 2. The minimum absolute atomic E-state index is 0.0400. The molecule has 1 N–H and O–H groups in total. The third-order valence-electron chi connectivity index (χ3n) is 5.38. The van der Waals surface area contributed by atoms with E-state index in [-0.39, 0.29) is 18.5 Å². The first-order valence-electron chi connectivity index (χ1n) is 10.9. The van der Waals surface area contributed by atoms with Crippen LogP contribution in [-0.2, 0) is 26.2 Å². The van der Waals surface area contributed by atoms with Crippen LogP contribution in [0.15, 0.2) is 54.6 Å². The summed E-state index contributed by atoms with van der Waals surface area (Å²) in [5.41, 5.74) is 1.17. The molecule has 7 nitrogen and oxygen atoms in total. The van der Waals surface area contributed by atoms with Crippen LogP contribution in [0.2, 0.25) is 5.02 Å². The summed E-state index contributed by atoms with van der Waals surface area (Å²) in [6.45, 7) is 5.46. The molecule has 0 fully saturated rings. The molecule has 2 amide bonds. The average molecular weight is 494 g/mol. The SMILES string of the molecule is CCC(C)NC(=O)C(CC)N(Cc1ccccc1)C(=O)CN(c1ccc(Cl)cc1)S(C)(=O)=O. The summed E-state index contributed by atoms with van der Waals surface area (Å²) in [6.07, 6.45) is 2.19. The van der Waals surface area contributed by atoms with Crippen molar-refractivity contribution in [2.75, 3.05) is 17.1 Å². The highest BCUT2D eigenvalue weighted by atomic mass is 35.5. The second-order valence-electron chi connectivity index (χ2n) is 8.00. The second kappa shape index (κ2) is 12.0. The van der Waals surface area contributed by atoms with Gasteiger partial charge in [0.15, 0.2) is 0 Å². The van der Waals surface area contributed by atoms with Gasteiger partial charge in [-0.05, 0) is 49.6 Å². The molecular formula is C24H32ClN3O4S. The summed E-state index contributed by atoms with van der Waals surface area (Å²) < 4.78 is 26.1. The van der Waals surface area contributed by atoms with Gasteiger partial charge in [-0.25, -0.2) is 8.42 Å². The first-order valence-corrected chi connectivity index (χ1v) is 13.2. The number of amides is 2. The van der Waals surface area contributed by atoms with Crippen LogP contribution >= 0.6 is 11.6 Å². The molecule has 0 bridgehead atoms. The molecule has 0 aliphatic rings. The number of hydrogen-bond acceptors (Lipinski definition) is 4. The van der Waals surface area contributed by atoms with Crippen molar-refractivity contribution < 1.29 is 18.0 Å². The van der Waals surface area contributed by atoms with E-state index in [1.54, 1.807) is 24.3 Å². The highest BCUT2D eigenvalue weighted by molar-refractivity contribution is 7.92. The first-order chi connectivity index (χ1) is 15.6. The number of benzene rings is 2. The van der Waals surface area contributed by atoms with Gasteiger partial charge in [0.05, 0.1) is 11.9 Å². The van der Waals surface area contributed by atoms with E-state index in [9.17, 15) is 18.0 Å². The Hall–Kier alpha value is -2.58. The van der Waals surface area contributed by atoms with Crippen molar-refractivity contribution in [2.45, 2.75) is 52.2 Å². The van der Waals surface area contributed by atoms with Crippen LogP contribution in [0.4, 0.5) is 5.69 Å². The van der Waals surface area contributed by atoms with E-state index in [1.807, 2.05) is 51.1 Å². The zero-order valence-electron chi connectivity index (χ0n) is 19.5.